The van der Waals surface area contributed by atoms with Gasteiger partial charge in [-0.05, 0) is 69.1 Å². The lowest BCUT2D eigenvalue weighted by Gasteiger charge is -2.62. The molecule has 8 heteroatoms. The van der Waals surface area contributed by atoms with E-state index in [0.717, 1.165) is 32.4 Å². The molecule has 16 atom stereocenters. The minimum atomic E-state index is -1.10. The van der Waals surface area contributed by atoms with Gasteiger partial charge in [0.25, 0.3) is 0 Å². The van der Waals surface area contributed by atoms with Gasteiger partial charge in [-0.2, -0.15) is 0 Å². The van der Waals surface area contributed by atoms with Crippen LogP contribution >= 0.6 is 0 Å². The fourth-order valence-electron chi connectivity index (χ4n) is 12.0. The Hall–Kier alpha value is -0.320. The highest BCUT2D eigenvalue weighted by Gasteiger charge is 2.82. The summed E-state index contributed by atoms with van der Waals surface area (Å²) in [7, 11) is 1.72. The largest absolute Gasteiger partial charge is 0.393 e. The van der Waals surface area contributed by atoms with Crippen LogP contribution in [0.2, 0.25) is 0 Å². The Bertz CT molecular complexity index is 947. The van der Waals surface area contributed by atoms with E-state index in [9.17, 15) is 25.5 Å². The van der Waals surface area contributed by atoms with E-state index >= 15 is 0 Å². The number of ether oxygens (including phenoxy) is 2. The molecule has 4 bridgehead atoms. The zero-order chi connectivity index (χ0) is 26.3. The van der Waals surface area contributed by atoms with Gasteiger partial charge < -0.3 is 35.0 Å². The van der Waals surface area contributed by atoms with E-state index in [-0.39, 0.29) is 53.8 Å². The van der Waals surface area contributed by atoms with E-state index in [1.165, 1.54) is 0 Å². The number of rotatable bonds is 2. The van der Waals surface area contributed by atoms with E-state index in [2.05, 4.69) is 18.7 Å². The van der Waals surface area contributed by atoms with Crippen LogP contribution in [0.3, 0.4) is 0 Å². The zero-order valence-electron chi connectivity index (χ0n) is 22.8. The van der Waals surface area contributed by atoms with Crippen molar-refractivity contribution in [2.24, 2.45) is 46.8 Å². The molecule has 4 aliphatic carbocycles. The first-order valence-electron chi connectivity index (χ1n) is 14.8. The van der Waals surface area contributed by atoms with Crippen molar-refractivity contribution in [2.75, 3.05) is 26.8 Å². The second kappa shape index (κ2) is 7.90. The smallest absolute Gasteiger partial charge is 0.121 e. The van der Waals surface area contributed by atoms with Crippen LogP contribution in [0, 0.1) is 46.8 Å². The first kappa shape index (κ1) is 25.6. The molecule has 1 spiro atoms. The van der Waals surface area contributed by atoms with E-state index in [1.807, 2.05) is 6.92 Å². The Morgan fingerprint density at radius 1 is 1.00 bits per heavy atom. The third kappa shape index (κ3) is 2.83. The molecular formula is C29H47NO7. The summed E-state index contributed by atoms with van der Waals surface area (Å²) in [5, 5.41) is 57.5. The van der Waals surface area contributed by atoms with E-state index in [4.69, 9.17) is 9.47 Å². The number of methoxy groups -OCH3 is 1. The molecule has 7 rings (SSSR count). The van der Waals surface area contributed by atoms with Gasteiger partial charge in [0.1, 0.15) is 5.60 Å². The van der Waals surface area contributed by atoms with Crippen LogP contribution in [-0.4, -0.2) is 104 Å². The summed E-state index contributed by atoms with van der Waals surface area (Å²) in [4.78, 5) is 2.46. The van der Waals surface area contributed by atoms with Crippen molar-refractivity contribution in [3.8, 4) is 0 Å². The highest BCUT2D eigenvalue weighted by molar-refractivity contribution is 5.30. The minimum Gasteiger partial charge on any atom is -0.393 e. The third-order valence-electron chi connectivity index (χ3n) is 13.4. The molecule has 4 saturated carbocycles. The molecule has 0 aromatic carbocycles. The molecule has 0 radical (unpaired) electrons. The molecule has 0 amide bonds. The second-order valence-electron chi connectivity index (χ2n) is 14.7. The monoisotopic (exact) mass is 521 g/mol. The van der Waals surface area contributed by atoms with Crippen molar-refractivity contribution in [3.63, 3.8) is 0 Å². The molecule has 2 unspecified atom stereocenters. The fourth-order valence-corrected chi connectivity index (χ4v) is 12.0. The quantitative estimate of drug-likeness (QED) is 0.361. The molecule has 3 aliphatic heterocycles. The first-order chi connectivity index (χ1) is 17.5. The summed E-state index contributed by atoms with van der Waals surface area (Å²) >= 11 is 0. The zero-order valence-corrected chi connectivity index (χ0v) is 22.8. The fraction of sp³-hybridized carbons (Fsp3) is 1.00. The van der Waals surface area contributed by atoms with Gasteiger partial charge in [-0.3, -0.25) is 4.90 Å². The predicted octanol–water partition coefficient (Wildman–Crippen LogP) is 0.768. The summed E-state index contributed by atoms with van der Waals surface area (Å²) in [5.74, 6) is -0.148. The van der Waals surface area contributed by atoms with Crippen LogP contribution in [0.1, 0.15) is 59.3 Å². The average molecular weight is 522 g/mol. The maximum atomic E-state index is 12.0. The average Bonchev–Trinajstić information content (AvgIpc) is 3.22. The second-order valence-corrected chi connectivity index (χ2v) is 14.7. The lowest BCUT2D eigenvalue weighted by atomic mass is 9.48. The molecule has 210 valence electrons. The Labute approximate surface area is 220 Å². The highest BCUT2D eigenvalue weighted by atomic mass is 16.6. The lowest BCUT2D eigenvalue weighted by molar-refractivity contribution is -0.240. The van der Waals surface area contributed by atoms with Gasteiger partial charge in [-0.25, -0.2) is 0 Å². The molecule has 5 N–H and O–H groups in total. The van der Waals surface area contributed by atoms with Crippen LogP contribution < -0.4 is 0 Å². The Balaban J connectivity index is 1.35. The SMILES string of the molecule is CO[C@@H]1C[C@@H]2[C@]3(CO)O[C@@]4(C[C@@H]5C([C@@H](O)[C@H](O)[C@H]6[C@H]5CN5C[C@@H](C)CC[C@H]5C6(C)O)[C@H]14)[C@@]2(C)CC[C@@H]3O. The van der Waals surface area contributed by atoms with Gasteiger partial charge in [0, 0.05) is 49.4 Å². The van der Waals surface area contributed by atoms with E-state index < -0.39 is 41.0 Å². The molecule has 0 aromatic heterocycles. The van der Waals surface area contributed by atoms with Gasteiger partial charge >= 0.3 is 0 Å². The molecule has 0 aromatic rings. The maximum Gasteiger partial charge on any atom is 0.121 e. The lowest BCUT2D eigenvalue weighted by Crippen LogP contribution is -2.72. The predicted molar refractivity (Wildman–Crippen MR) is 134 cm³/mol. The Kier molecular flexibility index (Phi) is 5.48. The molecular weight excluding hydrogens is 474 g/mol. The van der Waals surface area contributed by atoms with Crippen molar-refractivity contribution in [3.05, 3.63) is 0 Å². The van der Waals surface area contributed by atoms with Gasteiger partial charge in [-0.1, -0.05) is 13.8 Å². The van der Waals surface area contributed by atoms with Crippen LogP contribution in [0.25, 0.3) is 0 Å². The molecule has 3 saturated heterocycles. The van der Waals surface area contributed by atoms with E-state index in [0.29, 0.717) is 25.2 Å². The summed E-state index contributed by atoms with van der Waals surface area (Å²) in [6.07, 6.45) is 1.84. The van der Waals surface area contributed by atoms with Crippen molar-refractivity contribution in [2.45, 2.75) is 107 Å². The number of nitrogens with zero attached hydrogens (tertiary/aromatic N) is 1. The highest BCUT2D eigenvalue weighted by Crippen LogP contribution is 2.76. The number of fused-ring (bicyclic) bond motifs is 5. The Morgan fingerprint density at radius 3 is 2.46 bits per heavy atom. The Morgan fingerprint density at radius 2 is 1.76 bits per heavy atom. The first-order valence-corrected chi connectivity index (χ1v) is 14.8. The van der Waals surface area contributed by atoms with Gasteiger partial charge in [0.15, 0.2) is 0 Å². The number of aliphatic hydroxyl groups is 5. The third-order valence-corrected chi connectivity index (χ3v) is 13.4. The van der Waals surface area contributed by atoms with Crippen LogP contribution in [0.4, 0.5) is 0 Å². The number of piperidine rings is 2. The molecule has 8 nitrogen and oxygen atoms in total. The van der Waals surface area contributed by atoms with Gasteiger partial charge in [-0.15, -0.1) is 0 Å². The van der Waals surface area contributed by atoms with Crippen LogP contribution in [0.15, 0.2) is 0 Å². The number of hydrogen-bond acceptors (Lipinski definition) is 8. The van der Waals surface area contributed by atoms with Crippen LogP contribution in [-0.2, 0) is 9.47 Å². The summed E-state index contributed by atoms with van der Waals surface area (Å²) in [5.41, 5.74) is -3.02. The molecule has 7 aliphatic rings. The van der Waals surface area contributed by atoms with Crippen molar-refractivity contribution in [1.82, 2.24) is 4.90 Å². The molecule has 37 heavy (non-hydrogen) atoms. The van der Waals surface area contributed by atoms with Crippen molar-refractivity contribution >= 4 is 0 Å². The summed E-state index contributed by atoms with van der Waals surface area (Å²) in [6, 6.07) is -0.00596. The molecule has 3 heterocycles. The maximum absolute atomic E-state index is 12.0. The number of aliphatic hydroxyl groups excluding tert-OH is 4. The van der Waals surface area contributed by atoms with Crippen LogP contribution in [0.5, 0.6) is 0 Å². The van der Waals surface area contributed by atoms with Gasteiger partial charge in [0.05, 0.1) is 42.2 Å². The minimum absolute atomic E-state index is 0.00596. The summed E-state index contributed by atoms with van der Waals surface area (Å²) < 4.78 is 13.2. The summed E-state index contributed by atoms with van der Waals surface area (Å²) in [6.45, 7) is 7.98. The number of hydrogen-bond donors (Lipinski definition) is 5. The topological polar surface area (TPSA) is 123 Å². The molecule has 7 fully saturated rings. The standard InChI is InChI=1S/C29H47NO7/c1-14-5-6-19-27(3,35)22-16(12-30(19)11-14)15-10-29-23(21(15)24(33)25(22)34)17(36-4)9-18-26(29,2)8-7-20(32)28(18,13-31)37-29/h14-25,31-35H,5-13H2,1-4H3/t14-,15-,16-,17+,18-,19-,20-,21?,22+,23-,24+,25+,26-,27?,28-,29+/m0/s1. The van der Waals surface area contributed by atoms with Gasteiger partial charge in [0.2, 0.25) is 0 Å². The van der Waals surface area contributed by atoms with E-state index in [1.54, 1.807) is 7.11 Å². The van der Waals surface area contributed by atoms with Crippen molar-refractivity contribution in [1.29, 1.82) is 0 Å². The normalized spacial score (nSPS) is 64.5. The van der Waals surface area contributed by atoms with Crippen molar-refractivity contribution < 1.29 is 35.0 Å².